The molecule has 0 fully saturated rings. The summed E-state index contributed by atoms with van der Waals surface area (Å²) in [5.41, 5.74) is 0. The molecule has 0 aromatic rings. The molecule has 0 saturated carbocycles. The summed E-state index contributed by atoms with van der Waals surface area (Å²) < 4.78 is 22.8. The van der Waals surface area contributed by atoms with Crippen molar-refractivity contribution in [1.82, 2.24) is 0 Å². The minimum absolute atomic E-state index is 0. The van der Waals surface area contributed by atoms with E-state index in [4.69, 9.17) is 13.9 Å². The Balaban J connectivity index is 0. The van der Waals surface area contributed by atoms with Gasteiger partial charge in [0.1, 0.15) is 0 Å². The summed E-state index contributed by atoms with van der Waals surface area (Å²) in [6.45, 7) is 0. The molecule has 0 aliphatic rings. The number of rotatable bonds is 0. The van der Waals surface area contributed by atoms with E-state index in [-0.39, 0.29) is 13.5 Å². The first-order valence-corrected chi connectivity index (χ1v) is 1.61. The Hall–Kier alpha value is 0.420. The molecule has 0 aromatic carbocycles. The van der Waals surface area contributed by atoms with Crippen molar-refractivity contribution in [3.05, 3.63) is 0 Å². The standard InChI is InChI=1S/HNO2S.S/c1-4(2)3;/h(H-2,1,2,3);/q-2;+2. The highest BCUT2D eigenvalue weighted by Crippen LogP contribution is 1.47. The maximum atomic E-state index is 8.67. The molecule has 0 aliphatic heterocycles. The van der Waals surface area contributed by atoms with Crippen molar-refractivity contribution in [2.45, 2.75) is 0 Å². The minimum atomic E-state index is -2.61. The van der Waals surface area contributed by atoms with Gasteiger partial charge in [0.15, 0.2) is 0 Å². The van der Waals surface area contributed by atoms with Crippen LogP contribution in [0.3, 0.4) is 0 Å². The zero-order valence-electron chi connectivity index (χ0n) is 2.13. The molecule has 0 spiro atoms. The van der Waals surface area contributed by atoms with Crippen LogP contribution >= 0.6 is 0 Å². The van der Waals surface area contributed by atoms with Crippen LogP contribution in [0.25, 0.3) is 0 Å². The van der Waals surface area contributed by atoms with Gasteiger partial charge in [-0.2, -0.15) is 0 Å². The minimum Gasteiger partial charge on any atom is -0.801 e. The largest absolute Gasteiger partial charge is 2.00 e. The number of hydrogen-bond donors (Lipinski definition) is 1. The second-order valence-electron chi connectivity index (χ2n) is 0.235. The van der Waals surface area contributed by atoms with Gasteiger partial charge in [-0.05, 0) is 0 Å². The van der Waals surface area contributed by atoms with Crippen LogP contribution in [-0.4, -0.2) is 9.11 Å². The highest BCUT2D eigenvalue weighted by atomic mass is 32.2. The second-order valence-corrected chi connectivity index (χ2v) is 0.704. The summed E-state index contributed by atoms with van der Waals surface area (Å²) >= 11 is -2.61. The van der Waals surface area contributed by atoms with E-state index in [1.54, 1.807) is 0 Å². The Labute approximate surface area is 39.4 Å². The lowest BCUT2D eigenvalue weighted by Crippen LogP contribution is -1.72. The molecule has 5 heteroatoms. The second kappa shape index (κ2) is 4.42. The highest BCUT2D eigenvalue weighted by molar-refractivity contribution is 7.74. The first-order valence-electron chi connectivity index (χ1n) is 0.537. The molecule has 5 heavy (non-hydrogen) atoms. The molecular formula is HNO2S2. The van der Waals surface area contributed by atoms with Gasteiger partial charge in [-0.25, -0.2) is 0 Å². The zero-order valence-corrected chi connectivity index (χ0v) is 3.77. The van der Waals surface area contributed by atoms with Crippen molar-refractivity contribution >= 4 is 24.7 Å². The first kappa shape index (κ1) is 9.05. The topological polar surface area (TPSA) is 70.0 Å². The average Bonchev–Trinajstić information content (AvgIpc) is 0.811. The predicted octanol–water partition coefficient (Wildman–Crippen LogP) is -0.375. The van der Waals surface area contributed by atoms with E-state index >= 15 is 0 Å². The van der Waals surface area contributed by atoms with E-state index in [2.05, 4.69) is 0 Å². The van der Waals surface area contributed by atoms with Crippen LogP contribution in [0, 0.1) is 4.78 Å². The fourth-order valence-corrected chi connectivity index (χ4v) is 0. The van der Waals surface area contributed by atoms with Crippen LogP contribution in [0.5, 0.6) is 0 Å². The van der Waals surface area contributed by atoms with Crippen LogP contribution in [0.1, 0.15) is 0 Å². The molecule has 0 aliphatic carbocycles. The summed E-state index contributed by atoms with van der Waals surface area (Å²) in [5, 5.41) is 0. The van der Waals surface area contributed by atoms with Gasteiger partial charge in [-0.3, -0.25) is 11.3 Å². The number of nitrogens with one attached hydrogen (secondary N) is 1. The predicted molar refractivity (Wildman–Crippen MR) is 19.0 cm³/mol. The molecule has 0 unspecified atom stereocenters. The molecule has 1 N–H and O–H groups in total. The fourth-order valence-electron chi connectivity index (χ4n) is 0. The molecule has 0 aromatic heterocycles. The van der Waals surface area contributed by atoms with Crippen molar-refractivity contribution in [1.29, 1.82) is 4.78 Å². The third-order valence-electron chi connectivity index (χ3n) is 0. The van der Waals surface area contributed by atoms with E-state index in [0.717, 1.165) is 0 Å². The van der Waals surface area contributed by atoms with Gasteiger partial charge >= 0.3 is 13.5 Å². The Morgan fingerprint density at radius 1 is 1.40 bits per heavy atom. The van der Waals surface area contributed by atoms with Crippen LogP contribution in [0.4, 0.5) is 0 Å². The Kier molecular flexibility index (Phi) is 8.00. The van der Waals surface area contributed by atoms with Crippen LogP contribution in [0.15, 0.2) is 0 Å². The highest BCUT2D eigenvalue weighted by Gasteiger charge is 2.00. The molecule has 0 saturated heterocycles. The SMILES string of the molecule is N=S([O-])[O-].[S+2]. The number of hydrogen-bond acceptors (Lipinski definition) is 3. The molecule has 0 atom stereocenters. The van der Waals surface area contributed by atoms with Gasteiger partial charge in [-0.1, -0.05) is 0 Å². The van der Waals surface area contributed by atoms with Crippen LogP contribution < -0.4 is 0 Å². The molecule has 4 radical (unpaired) electrons. The Bertz CT molecular complexity index is 30.6. The van der Waals surface area contributed by atoms with E-state index in [1.165, 1.54) is 0 Å². The van der Waals surface area contributed by atoms with E-state index in [1.807, 2.05) is 0 Å². The molecule has 0 amide bonds. The van der Waals surface area contributed by atoms with Gasteiger partial charge in [0, 0.05) is 0 Å². The van der Waals surface area contributed by atoms with Crippen molar-refractivity contribution in [2.24, 2.45) is 0 Å². The summed E-state index contributed by atoms with van der Waals surface area (Å²) in [6.07, 6.45) is 0. The van der Waals surface area contributed by atoms with Crippen LogP contribution in [0.2, 0.25) is 0 Å². The maximum absolute atomic E-state index is 8.67. The van der Waals surface area contributed by atoms with Crippen molar-refractivity contribution in [3.8, 4) is 0 Å². The van der Waals surface area contributed by atoms with Crippen molar-refractivity contribution in [2.75, 3.05) is 0 Å². The normalized spacial score (nSPS) is 7.00. The lowest BCUT2D eigenvalue weighted by molar-refractivity contribution is 0.471. The van der Waals surface area contributed by atoms with E-state index in [0.29, 0.717) is 0 Å². The van der Waals surface area contributed by atoms with Crippen LogP contribution in [-0.2, 0) is 24.7 Å². The van der Waals surface area contributed by atoms with E-state index in [9.17, 15) is 0 Å². The van der Waals surface area contributed by atoms with Gasteiger partial charge in [0.2, 0.25) is 0 Å². The van der Waals surface area contributed by atoms with Gasteiger partial charge in [0.25, 0.3) is 0 Å². The van der Waals surface area contributed by atoms with E-state index < -0.39 is 11.3 Å². The lowest BCUT2D eigenvalue weighted by atomic mass is 14.0. The van der Waals surface area contributed by atoms with Crippen molar-refractivity contribution < 1.29 is 9.11 Å². The molecule has 30 valence electrons. The summed E-state index contributed by atoms with van der Waals surface area (Å²) in [5.74, 6) is 0. The monoisotopic (exact) mass is 111 g/mol. The fraction of sp³-hybridized carbons (Fsp3) is 0. The zero-order chi connectivity index (χ0) is 3.58. The summed E-state index contributed by atoms with van der Waals surface area (Å²) in [4.78, 5) is 0. The van der Waals surface area contributed by atoms with Gasteiger partial charge in [-0.15, -0.1) is 0 Å². The molecule has 0 rings (SSSR count). The summed E-state index contributed by atoms with van der Waals surface area (Å²) in [6, 6.07) is 0. The van der Waals surface area contributed by atoms with Crippen molar-refractivity contribution in [3.63, 3.8) is 0 Å². The average molecular weight is 111 g/mol. The molecular weight excluding hydrogens is 110 g/mol. The third kappa shape index (κ3) is 147. The van der Waals surface area contributed by atoms with Gasteiger partial charge < -0.3 is 13.9 Å². The maximum Gasteiger partial charge on any atom is 2.00 e. The lowest BCUT2D eigenvalue weighted by Gasteiger charge is -2.10. The third-order valence-corrected chi connectivity index (χ3v) is 0. The molecule has 3 nitrogen and oxygen atoms in total. The van der Waals surface area contributed by atoms with Gasteiger partial charge in [0.05, 0.1) is 0 Å². The smallest absolute Gasteiger partial charge is 0.801 e. The Morgan fingerprint density at radius 3 is 1.40 bits per heavy atom. The first-order chi connectivity index (χ1) is 1.73. The molecule has 0 bridgehead atoms. The summed E-state index contributed by atoms with van der Waals surface area (Å²) in [7, 11) is 0. The molecule has 0 heterocycles. The quantitative estimate of drug-likeness (QED) is 0.463. The Morgan fingerprint density at radius 2 is 1.40 bits per heavy atom.